The fourth-order valence-corrected chi connectivity index (χ4v) is 3.11. The van der Waals surface area contributed by atoms with Gasteiger partial charge in [0.05, 0.1) is 18.8 Å². The van der Waals surface area contributed by atoms with E-state index in [1.54, 1.807) is 0 Å². The summed E-state index contributed by atoms with van der Waals surface area (Å²) in [5, 5.41) is 0. The van der Waals surface area contributed by atoms with E-state index >= 15 is 0 Å². The summed E-state index contributed by atoms with van der Waals surface area (Å²) in [6.07, 6.45) is 1.27. The predicted molar refractivity (Wildman–Crippen MR) is 68.4 cm³/mol. The third-order valence-electron chi connectivity index (χ3n) is 3.55. The molecule has 1 fully saturated rings. The number of piperazine rings is 1. The van der Waals surface area contributed by atoms with Gasteiger partial charge in [-0.2, -0.15) is 4.31 Å². The molecule has 1 saturated heterocycles. The van der Waals surface area contributed by atoms with Crippen LogP contribution in [0.3, 0.4) is 0 Å². The summed E-state index contributed by atoms with van der Waals surface area (Å²) in [7, 11) is -3.10. The first kappa shape index (κ1) is 12.6. The van der Waals surface area contributed by atoms with Crippen molar-refractivity contribution in [3.8, 4) is 0 Å². The van der Waals surface area contributed by atoms with Crippen molar-refractivity contribution in [2.75, 3.05) is 25.9 Å². The molecule has 0 radical (unpaired) electrons. The maximum absolute atomic E-state index is 11.6. The maximum Gasteiger partial charge on any atom is 0.211 e. The van der Waals surface area contributed by atoms with Gasteiger partial charge in [0, 0.05) is 18.8 Å². The Bertz CT molecular complexity index is 493. The number of hydrogen-bond acceptors (Lipinski definition) is 4. The number of nitrogens with zero attached hydrogens (tertiary/aromatic N) is 3. The second kappa shape index (κ2) is 4.10. The van der Waals surface area contributed by atoms with E-state index in [0.29, 0.717) is 19.6 Å². The van der Waals surface area contributed by atoms with Gasteiger partial charge in [0.25, 0.3) is 0 Å². The van der Waals surface area contributed by atoms with Crippen LogP contribution in [0.5, 0.6) is 0 Å². The van der Waals surface area contributed by atoms with Crippen LogP contribution in [0.4, 0.5) is 0 Å². The van der Waals surface area contributed by atoms with E-state index in [2.05, 4.69) is 9.89 Å². The van der Waals surface area contributed by atoms with E-state index in [1.165, 1.54) is 16.1 Å². The lowest BCUT2D eigenvalue weighted by Crippen LogP contribution is -2.50. The van der Waals surface area contributed by atoms with Crippen LogP contribution >= 0.6 is 0 Å². The molecular formula is C11H19N3O2S. The molecule has 0 amide bonds. The van der Waals surface area contributed by atoms with E-state index in [-0.39, 0.29) is 6.04 Å². The first-order chi connectivity index (χ1) is 7.80. The molecule has 0 spiro atoms. The Morgan fingerprint density at radius 2 is 1.94 bits per heavy atom. The van der Waals surface area contributed by atoms with E-state index in [4.69, 9.17) is 0 Å². The molecule has 2 heterocycles. The molecule has 1 unspecified atom stereocenters. The zero-order valence-electron chi connectivity index (χ0n) is 10.8. The van der Waals surface area contributed by atoms with Gasteiger partial charge < -0.3 is 4.90 Å². The lowest BCUT2D eigenvalue weighted by molar-refractivity contribution is 0.307. The highest BCUT2D eigenvalue weighted by molar-refractivity contribution is 7.88. The standard InChI is InChI=1S/C11H19N3O2S/c1-8-9(2)12-10(3)14-6-5-13(7-11(8)14)17(4,15)16/h9H,5-7H2,1-4H3. The highest BCUT2D eigenvalue weighted by atomic mass is 32.2. The summed E-state index contributed by atoms with van der Waals surface area (Å²) in [6.45, 7) is 7.77. The average molecular weight is 257 g/mol. The zero-order valence-corrected chi connectivity index (χ0v) is 11.6. The fourth-order valence-electron chi connectivity index (χ4n) is 2.34. The fraction of sp³-hybridized carbons (Fsp3) is 0.727. The first-order valence-electron chi connectivity index (χ1n) is 5.77. The number of sulfonamides is 1. The molecular weight excluding hydrogens is 238 g/mol. The Balaban J connectivity index is 2.33. The van der Waals surface area contributed by atoms with Crippen molar-refractivity contribution in [1.82, 2.24) is 9.21 Å². The lowest BCUT2D eigenvalue weighted by atomic mass is 10.0. The number of amidine groups is 1. The minimum atomic E-state index is -3.10. The SMILES string of the molecule is CC1=NC(C)C(C)=C2CN(S(C)(=O)=O)CCN12. The van der Waals surface area contributed by atoms with Crippen LogP contribution < -0.4 is 0 Å². The van der Waals surface area contributed by atoms with Crippen molar-refractivity contribution in [1.29, 1.82) is 0 Å². The molecule has 0 bridgehead atoms. The van der Waals surface area contributed by atoms with Crippen molar-refractivity contribution in [3.05, 3.63) is 11.3 Å². The van der Waals surface area contributed by atoms with Crippen molar-refractivity contribution >= 4 is 15.9 Å². The van der Waals surface area contributed by atoms with Gasteiger partial charge in [0.15, 0.2) is 0 Å². The average Bonchev–Trinajstić information content (AvgIpc) is 2.24. The Hall–Kier alpha value is -0.880. The quantitative estimate of drug-likeness (QED) is 0.693. The van der Waals surface area contributed by atoms with Crippen LogP contribution in [0, 0.1) is 0 Å². The Labute approximate surface area is 103 Å². The van der Waals surface area contributed by atoms with E-state index in [0.717, 1.165) is 11.5 Å². The van der Waals surface area contributed by atoms with Crippen molar-refractivity contribution in [2.45, 2.75) is 26.8 Å². The number of hydrogen-bond donors (Lipinski definition) is 0. The molecule has 0 aromatic heterocycles. The van der Waals surface area contributed by atoms with Crippen LogP contribution in [0.1, 0.15) is 20.8 Å². The van der Waals surface area contributed by atoms with Crippen molar-refractivity contribution in [2.24, 2.45) is 4.99 Å². The van der Waals surface area contributed by atoms with Crippen LogP contribution in [0.2, 0.25) is 0 Å². The molecule has 0 saturated carbocycles. The summed E-state index contributed by atoms with van der Waals surface area (Å²) in [4.78, 5) is 6.69. The maximum atomic E-state index is 11.6. The van der Waals surface area contributed by atoms with Crippen LogP contribution in [-0.4, -0.2) is 55.4 Å². The predicted octanol–water partition coefficient (Wildman–Crippen LogP) is 0.658. The van der Waals surface area contributed by atoms with Gasteiger partial charge in [-0.1, -0.05) is 0 Å². The van der Waals surface area contributed by atoms with Crippen LogP contribution in [0.15, 0.2) is 16.3 Å². The second-order valence-electron chi connectivity index (χ2n) is 4.73. The topological polar surface area (TPSA) is 53.0 Å². The molecule has 2 aliphatic heterocycles. The van der Waals surface area contributed by atoms with Gasteiger partial charge in [-0.3, -0.25) is 4.99 Å². The molecule has 2 rings (SSSR count). The second-order valence-corrected chi connectivity index (χ2v) is 6.71. The molecule has 96 valence electrons. The summed E-state index contributed by atoms with van der Waals surface area (Å²) in [5.74, 6) is 0.992. The highest BCUT2D eigenvalue weighted by Crippen LogP contribution is 2.26. The van der Waals surface area contributed by atoms with E-state index in [1.807, 2.05) is 20.8 Å². The molecule has 0 N–H and O–H groups in total. The van der Waals surface area contributed by atoms with Gasteiger partial charge in [0.2, 0.25) is 10.0 Å². The van der Waals surface area contributed by atoms with Gasteiger partial charge in [-0.05, 0) is 26.3 Å². The number of rotatable bonds is 1. The van der Waals surface area contributed by atoms with Crippen LogP contribution in [0.25, 0.3) is 0 Å². The molecule has 6 heteroatoms. The molecule has 0 aromatic carbocycles. The van der Waals surface area contributed by atoms with Gasteiger partial charge in [-0.15, -0.1) is 0 Å². The summed E-state index contributed by atoms with van der Waals surface area (Å²) in [6, 6.07) is 0.153. The summed E-state index contributed by atoms with van der Waals surface area (Å²) >= 11 is 0. The molecule has 0 aliphatic carbocycles. The minimum Gasteiger partial charge on any atom is -0.331 e. The lowest BCUT2D eigenvalue weighted by Gasteiger charge is -2.41. The summed E-state index contributed by atoms with van der Waals surface area (Å²) in [5.41, 5.74) is 2.27. The number of aliphatic imine (C=N–C) groups is 1. The van der Waals surface area contributed by atoms with E-state index < -0.39 is 10.0 Å². The molecule has 0 aromatic rings. The molecule has 2 aliphatic rings. The Morgan fingerprint density at radius 1 is 1.29 bits per heavy atom. The molecule has 5 nitrogen and oxygen atoms in total. The third kappa shape index (κ3) is 2.24. The third-order valence-corrected chi connectivity index (χ3v) is 4.80. The van der Waals surface area contributed by atoms with Gasteiger partial charge >= 0.3 is 0 Å². The largest absolute Gasteiger partial charge is 0.331 e. The first-order valence-corrected chi connectivity index (χ1v) is 7.62. The van der Waals surface area contributed by atoms with Crippen molar-refractivity contribution < 1.29 is 8.42 Å². The molecule has 1 atom stereocenters. The Kier molecular flexibility index (Phi) is 3.03. The smallest absolute Gasteiger partial charge is 0.211 e. The monoisotopic (exact) mass is 257 g/mol. The van der Waals surface area contributed by atoms with Crippen molar-refractivity contribution in [3.63, 3.8) is 0 Å². The van der Waals surface area contributed by atoms with Crippen LogP contribution in [-0.2, 0) is 10.0 Å². The van der Waals surface area contributed by atoms with Gasteiger partial charge in [-0.25, -0.2) is 8.42 Å². The van der Waals surface area contributed by atoms with E-state index in [9.17, 15) is 8.42 Å². The summed E-state index contributed by atoms with van der Waals surface area (Å²) < 4.78 is 24.7. The van der Waals surface area contributed by atoms with Gasteiger partial charge in [0.1, 0.15) is 5.84 Å². The zero-order chi connectivity index (χ0) is 12.8. The minimum absolute atomic E-state index is 0.153. The Morgan fingerprint density at radius 3 is 2.53 bits per heavy atom. The normalized spacial score (nSPS) is 26.9. The number of fused-ring (bicyclic) bond motifs is 1. The highest BCUT2D eigenvalue weighted by Gasteiger charge is 2.32. The molecule has 17 heavy (non-hydrogen) atoms.